The summed E-state index contributed by atoms with van der Waals surface area (Å²) in [6.45, 7) is 3.78. The highest BCUT2D eigenvalue weighted by Gasteiger charge is 2.06. The minimum absolute atomic E-state index is 0.000594. The number of anilines is 1. The summed E-state index contributed by atoms with van der Waals surface area (Å²) in [5, 5.41) is 11.3. The van der Waals surface area contributed by atoms with Gasteiger partial charge in [0.05, 0.1) is 6.61 Å². The molecule has 0 saturated heterocycles. The number of ether oxygens (including phenoxy) is 1. The molecular formula is C12H17NO3. The van der Waals surface area contributed by atoms with E-state index in [2.05, 4.69) is 5.32 Å². The lowest BCUT2D eigenvalue weighted by Gasteiger charge is -2.08. The van der Waals surface area contributed by atoms with Crippen molar-refractivity contribution >= 4 is 11.6 Å². The molecule has 0 spiro atoms. The fourth-order valence-electron chi connectivity index (χ4n) is 1.13. The molecule has 0 aliphatic heterocycles. The molecule has 0 fully saturated rings. The molecule has 1 aromatic carbocycles. The predicted molar refractivity (Wildman–Crippen MR) is 61.8 cm³/mol. The molecule has 0 atom stereocenters. The van der Waals surface area contributed by atoms with Crippen molar-refractivity contribution in [1.82, 2.24) is 0 Å². The summed E-state index contributed by atoms with van der Waals surface area (Å²) < 4.78 is 4.85. The van der Waals surface area contributed by atoms with Gasteiger partial charge in [-0.15, -0.1) is 0 Å². The Morgan fingerprint density at radius 2 is 2.00 bits per heavy atom. The van der Waals surface area contributed by atoms with E-state index in [1.54, 1.807) is 0 Å². The first-order chi connectivity index (χ1) is 7.63. The van der Waals surface area contributed by atoms with Crippen molar-refractivity contribution in [3.05, 3.63) is 29.8 Å². The molecule has 0 saturated carbocycles. The van der Waals surface area contributed by atoms with Crippen LogP contribution in [0.3, 0.4) is 0 Å². The number of rotatable bonds is 5. The van der Waals surface area contributed by atoms with Crippen LogP contribution in [0.1, 0.15) is 19.4 Å². The molecule has 1 aromatic rings. The molecule has 0 unspecified atom stereocenters. The third kappa shape index (κ3) is 4.00. The Balaban J connectivity index is 2.54. The summed E-state index contributed by atoms with van der Waals surface area (Å²) in [6.07, 6.45) is 0. The van der Waals surface area contributed by atoms with E-state index < -0.39 is 0 Å². The van der Waals surface area contributed by atoms with Crippen molar-refractivity contribution in [2.45, 2.75) is 20.5 Å². The van der Waals surface area contributed by atoms with Gasteiger partial charge in [-0.1, -0.05) is 26.0 Å². The molecule has 0 bridgehead atoms. The summed E-state index contributed by atoms with van der Waals surface area (Å²) in [7, 11) is 0. The molecule has 1 rings (SSSR count). The Morgan fingerprint density at radius 3 is 2.50 bits per heavy atom. The second-order valence-corrected chi connectivity index (χ2v) is 3.82. The van der Waals surface area contributed by atoms with Gasteiger partial charge in [-0.05, 0) is 17.7 Å². The van der Waals surface area contributed by atoms with E-state index in [1.165, 1.54) is 0 Å². The van der Waals surface area contributed by atoms with Crippen molar-refractivity contribution in [3.8, 4) is 0 Å². The van der Waals surface area contributed by atoms with Gasteiger partial charge in [0.25, 0.3) is 0 Å². The lowest BCUT2D eigenvalue weighted by atomic mass is 10.2. The summed E-state index contributed by atoms with van der Waals surface area (Å²) in [5.74, 6) is -0.0308. The third-order valence-electron chi connectivity index (χ3n) is 2.11. The van der Waals surface area contributed by atoms with Crippen molar-refractivity contribution in [2.24, 2.45) is 5.92 Å². The summed E-state index contributed by atoms with van der Waals surface area (Å²) in [5.41, 5.74) is 1.73. The van der Waals surface area contributed by atoms with Crippen LogP contribution in [0.4, 0.5) is 5.69 Å². The molecular weight excluding hydrogens is 206 g/mol. The Labute approximate surface area is 95.2 Å². The largest absolute Gasteiger partial charge is 0.371 e. The first-order valence-corrected chi connectivity index (χ1v) is 5.22. The molecule has 88 valence electrons. The van der Waals surface area contributed by atoms with E-state index in [1.807, 2.05) is 38.1 Å². The number of amides is 1. The molecule has 1 amide bonds. The number of aliphatic hydroxyl groups excluding tert-OH is 1. The normalized spacial score (nSPS) is 10.5. The number of aliphatic hydroxyl groups is 1. The van der Waals surface area contributed by atoms with Gasteiger partial charge in [0, 0.05) is 11.6 Å². The van der Waals surface area contributed by atoms with Gasteiger partial charge >= 0.3 is 0 Å². The van der Waals surface area contributed by atoms with Gasteiger partial charge in [-0.2, -0.15) is 0 Å². The zero-order valence-corrected chi connectivity index (χ0v) is 9.56. The van der Waals surface area contributed by atoms with Crippen LogP contribution in [0.5, 0.6) is 0 Å². The molecule has 4 nitrogen and oxygen atoms in total. The Morgan fingerprint density at radius 1 is 1.38 bits per heavy atom. The topological polar surface area (TPSA) is 58.6 Å². The fourth-order valence-corrected chi connectivity index (χ4v) is 1.13. The van der Waals surface area contributed by atoms with Gasteiger partial charge in [0.15, 0.2) is 0 Å². The second kappa shape index (κ2) is 6.25. The van der Waals surface area contributed by atoms with Crippen LogP contribution >= 0.6 is 0 Å². The number of carbonyl (C=O) groups is 1. The minimum Gasteiger partial charge on any atom is -0.371 e. The molecule has 0 aliphatic rings. The van der Waals surface area contributed by atoms with Gasteiger partial charge in [0.2, 0.25) is 5.91 Å². The van der Waals surface area contributed by atoms with E-state index in [-0.39, 0.29) is 18.6 Å². The van der Waals surface area contributed by atoms with Crippen LogP contribution in [0.2, 0.25) is 0 Å². The Hall–Kier alpha value is -1.39. The van der Waals surface area contributed by atoms with Crippen LogP contribution < -0.4 is 5.32 Å². The van der Waals surface area contributed by atoms with Crippen molar-refractivity contribution in [3.63, 3.8) is 0 Å². The minimum atomic E-state index is -0.286. The van der Waals surface area contributed by atoms with Crippen molar-refractivity contribution in [2.75, 3.05) is 12.1 Å². The number of hydrogen-bond donors (Lipinski definition) is 2. The summed E-state index contributed by atoms with van der Waals surface area (Å²) in [6, 6.07) is 7.34. The molecule has 0 aliphatic carbocycles. The zero-order chi connectivity index (χ0) is 12.0. The molecule has 0 heterocycles. The quantitative estimate of drug-likeness (QED) is 0.748. The number of hydrogen-bond acceptors (Lipinski definition) is 3. The standard InChI is InChI=1S/C12H17NO3/c1-9(2)12(15)13-11-5-3-10(4-6-11)7-16-8-14/h3-6,9,14H,7-8H2,1-2H3,(H,13,15). The number of carbonyl (C=O) groups excluding carboxylic acids is 1. The lowest BCUT2D eigenvalue weighted by Crippen LogP contribution is -2.17. The average molecular weight is 223 g/mol. The summed E-state index contributed by atoms with van der Waals surface area (Å²) in [4.78, 5) is 11.4. The zero-order valence-electron chi connectivity index (χ0n) is 9.56. The van der Waals surface area contributed by atoms with E-state index in [0.717, 1.165) is 11.3 Å². The van der Waals surface area contributed by atoms with Gasteiger partial charge in [0.1, 0.15) is 6.79 Å². The first kappa shape index (κ1) is 12.7. The van der Waals surface area contributed by atoms with Crippen LogP contribution in [-0.2, 0) is 16.1 Å². The molecule has 2 N–H and O–H groups in total. The maximum Gasteiger partial charge on any atom is 0.226 e. The molecule has 16 heavy (non-hydrogen) atoms. The SMILES string of the molecule is CC(C)C(=O)Nc1ccc(COCO)cc1. The van der Waals surface area contributed by atoms with Crippen LogP contribution in [-0.4, -0.2) is 17.8 Å². The maximum absolute atomic E-state index is 11.4. The monoisotopic (exact) mass is 223 g/mol. The highest BCUT2D eigenvalue weighted by Crippen LogP contribution is 2.11. The van der Waals surface area contributed by atoms with Crippen LogP contribution in [0.15, 0.2) is 24.3 Å². The third-order valence-corrected chi connectivity index (χ3v) is 2.11. The molecule has 0 aromatic heterocycles. The van der Waals surface area contributed by atoms with E-state index in [0.29, 0.717) is 6.61 Å². The fraction of sp³-hybridized carbons (Fsp3) is 0.417. The van der Waals surface area contributed by atoms with Gasteiger partial charge in [-0.25, -0.2) is 0 Å². The van der Waals surface area contributed by atoms with Crippen molar-refractivity contribution < 1.29 is 14.6 Å². The van der Waals surface area contributed by atoms with E-state index >= 15 is 0 Å². The molecule has 4 heteroatoms. The van der Waals surface area contributed by atoms with Gasteiger partial charge < -0.3 is 15.2 Å². The predicted octanol–water partition coefficient (Wildman–Crippen LogP) is 1.75. The van der Waals surface area contributed by atoms with Crippen molar-refractivity contribution in [1.29, 1.82) is 0 Å². The summed E-state index contributed by atoms with van der Waals surface area (Å²) >= 11 is 0. The van der Waals surface area contributed by atoms with Gasteiger partial charge in [-0.3, -0.25) is 4.79 Å². The average Bonchev–Trinajstić information content (AvgIpc) is 2.28. The van der Waals surface area contributed by atoms with Crippen LogP contribution in [0, 0.1) is 5.92 Å². The first-order valence-electron chi connectivity index (χ1n) is 5.22. The lowest BCUT2D eigenvalue weighted by molar-refractivity contribution is -0.118. The van der Waals surface area contributed by atoms with E-state index in [4.69, 9.17) is 9.84 Å². The number of benzene rings is 1. The highest BCUT2D eigenvalue weighted by molar-refractivity contribution is 5.91. The maximum atomic E-state index is 11.4. The smallest absolute Gasteiger partial charge is 0.226 e. The number of nitrogens with one attached hydrogen (secondary N) is 1. The highest BCUT2D eigenvalue weighted by atomic mass is 16.6. The Kier molecular flexibility index (Phi) is 4.95. The second-order valence-electron chi connectivity index (χ2n) is 3.82. The van der Waals surface area contributed by atoms with Crippen LogP contribution in [0.25, 0.3) is 0 Å². The Bertz CT molecular complexity index is 333. The van der Waals surface area contributed by atoms with E-state index in [9.17, 15) is 4.79 Å². The molecule has 0 radical (unpaired) electrons.